The van der Waals surface area contributed by atoms with E-state index in [0.717, 1.165) is 19.4 Å². The second kappa shape index (κ2) is 5.61. The van der Waals surface area contributed by atoms with E-state index in [2.05, 4.69) is 5.10 Å². The van der Waals surface area contributed by atoms with Crippen LogP contribution in [0.4, 0.5) is 5.69 Å². The number of hydrogen-bond acceptors (Lipinski definition) is 4. The van der Waals surface area contributed by atoms with E-state index in [1.54, 1.807) is 11.7 Å². The molecule has 0 bridgehead atoms. The molecule has 0 aromatic carbocycles. The standard InChI is InChI=1S/C13H22N4O2/c1-4-19-10-6-5-7-17(8-10)13(18)12-11(14)9(2)15-16(12)3/h10H,4-8,14H2,1-3H3. The third-order valence-corrected chi connectivity index (χ3v) is 3.54. The Kier molecular flexibility index (Phi) is 4.09. The molecule has 1 aromatic heterocycles. The summed E-state index contributed by atoms with van der Waals surface area (Å²) in [5, 5.41) is 4.19. The lowest BCUT2D eigenvalue weighted by Gasteiger charge is -2.32. The molecule has 0 aliphatic carbocycles. The molecule has 0 saturated carbocycles. The molecule has 1 unspecified atom stereocenters. The zero-order valence-electron chi connectivity index (χ0n) is 11.8. The monoisotopic (exact) mass is 266 g/mol. The number of carbonyl (C=O) groups excluding carboxylic acids is 1. The van der Waals surface area contributed by atoms with Gasteiger partial charge in [-0.2, -0.15) is 5.10 Å². The van der Waals surface area contributed by atoms with Gasteiger partial charge in [-0.05, 0) is 26.7 Å². The minimum absolute atomic E-state index is 0.0509. The number of amides is 1. The summed E-state index contributed by atoms with van der Waals surface area (Å²) in [4.78, 5) is 14.4. The second-order valence-electron chi connectivity index (χ2n) is 4.94. The smallest absolute Gasteiger partial charge is 0.274 e. The van der Waals surface area contributed by atoms with Gasteiger partial charge in [-0.25, -0.2) is 0 Å². The number of likely N-dealkylation sites (tertiary alicyclic amines) is 1. The quantitative estimate of drug-likeness (QED) is 0.884. The van der Waals surface area contributed by atoms with Crippen molar-refractivity contribution in [2.75, 3.05) is 25.4 Å². The lowest BCUT2D eigenvalue weighted by molar-refractivity contribution is 0.00689. The van der Waals surface area contributed by atoms with Gasteiger partial charge in [0.2, 0.25) is 0 Å². The number of carbonyl (C=O) groups is 1. The number of aromatic nitrogens is 2. The summed E-state index contributed by atoms with van der Waals surface area (Å²) in [5.41, 5.74) is 7.60. The fourth-order valence-electron chi connectivity index (χ4n) is 2.57. The van der Waals surface area contributed by atoms with E-state index in [9.17, 15) is 4.79 Å². The van der Waals surface area contributed by atoms with E-state index in [-0.39, 0.29) is 12.0 Å². The van der Waals surface area contributed by atoms with Crippen LogP contribution in [0, 0.1) is 6.92 Å². The second-order valence-corrected chi connectivity index (χ2v) is 4.94. The van der Waals surface area contributed by atoms with Gasteiger partial charge in [0.05, 0.1) is 17.5 Å². The molecule has 0 spiro atoms. The van der Waals surface area contributed by atoms with Gasteiger partial charge in [0.1, 0.15) is 5.69 Å². The minimum atomic E-state index is -0.0509. The zero-order valence-corrected chi connectivity index (χ0v) is 11.8. The highest BCUT2D eigenvalue weighted by Gasteiger charge is 2.28. The molecule has 2 rings (SSSR count). The van der Waals surface area contributed by atoms with Crippen LogP contribution in [0.1, 0.15) is 35.9 Å². The summed E-state index contributed by atoms with van der Waals surface area (Å²) < 4.78 is 7.18. The molecule has 1 atom stereocenters. The number of piperidine rings is 1. The highest BCUT2D eigenvalue weighted by Crippen LogP contribution is 2.21. The van der Waals surface area contributed by atoms with Crippen molar-refractivity contribution in [2.24, 2.45) is 7.05 Å². The average Bonchev–Trinajstić information content (AvgIpc) is 2.63. The van der Waals surface area contributed by atoms with E-state index < -0.39 is 0 Å². The molecule has 1 fully saturated rings. The van der Waals surface area contributed by atoms with Gasteiger partial charge in [-0.1, -0.05) is 0 Å². The Hall–Kier alpha value is -1.56. The van der Waals surface area contributed by atoms with Crippen LogP contribution in [0.5, 0.6) is 0 Å². The number of anilines is 1. The Morgan fingerprint density at radius 2 is 2.32 bits per heavy atom. The van der Waals surface area contributed by atoms with Crippen molar-refractivity contribution in [1.29, 1.82) is 0 Å². The predicted molar refractivity (Wildman–Crippen MR) is 72.9 cm³/mol. The van der Waals surface area contributed by atoms with Gasteiger partial charge in [-0.15, -0.1) is 0 Å². The number of ether oxygens (including phenoxy) is 1. The fraction of sp³-hybridized carbons (Fsp3) is 0.692. The van der Waals surface area contributed by atoms with Crippen molar-refractivity contribution in [3.05, 3.63) is 11.4 Å². The van der Waals surface area contributed by atoms with Crippen LogP contribution >= 0.6 is 0 Å². The molecular weight excluding hydrogens is 244 g/mol. The van der Waals surface area contributed by atoms with E-state index >= 15 is 0 Å². The average molecular weight is 266 g/mol. The largest absolute Gasteiger partial charge is 0.395 e. The molecule has 0 radical (unpaired) electrons. The van der Waals surface area contributed by atoms with Crippen LogP contribution in [-0.4, -0.2) is 46.4 Å². The molecule has 6 nitrogen and oxygen atoms in total. The Labute approximate surface area is 113 Å². The summed E-state index contributed by atoms with van der Waals surface area (Å²) in [7, 11) is 1.75. The third kappa shape index (κ3) is 2.73. The van der Waals surface area contributed by atoms with Crippen molar-refractivity contribution < 1.29 is 9.53 Å². The number of nitrogens with two attached hydrogens (primary N) is 1. The first-order valence-electron chi connectivity index (χ1n) is 6.74. The molecule has 2 N–H and O–H groups in total. The van der Waals surface area contributed by atoms with Crippen LogP contribution in [-0.2, 0) is 11.8 Å². The Balaban J connectivity index is 2.15. The van der Waals surface area contributed by atoms with Crippen molar-refractivity contribution in [1.82, 2.24) is 14.7 Å². The minimum Gasteiger partial charge on any atom is -0.395 e. The number of rotatable bonds is 3. The number of aryl methyl sites for hydroxylation is 2. The fourth-order valence-corrected chi connectivity index (χ4v) is 2.57. The highest BCUT2D eigenvalue weighted by atomic mass is 16.5. The summed E-state index contributed by atoms with van der Waals surface area (Å²) in [5.74, 6) is -0.0509. The van der Waals surface area contributed by atoms with Crippen LogP contribution in [0.2, 0.25) is 0 Å². The molecule has 1 saturated heterocycles. The Morgan fingerprint density at radius 3 is 2.89 bits per heavy atom. The van der Waals surface area contributed by atoms with Gasteiger partial charge in [0.15, 0.2) is 0 Å². The predicted octanol–water partition coefficient (Wildman–Crippen LogP) is 0.952. The maximum Gasteiger partial charge on any atom is 0.274 e. The van der Waals surface area contributed by atoms with Crippen LogP contribution in [0.25, 0.3) is 0 Å². The molecule has 2 heterocycles. The van der Waals surface area contributed by atoms with E-state index in [0.29, 0.717) is 30.2 Å². The normalized spacial score (nSPS) is 19.7. The SMILES string of the molecule is CCOC1CCCN(C(=O)c2c(N)c(C)nn2C)C1. The zero-order chi connectivity index (χ0) is 14.0. The number of nitrogen functional groups attached to an aromatic ring is 1. The Bertz CT molecular complexity index is 467. The maximum absolute atomic E-state index is 12.5. The van der Waals surface area contributed by atoms with E-state index in [1.807, 2.05) is 18.7 Å². The molecule has 1 aromatic rings. The van der Waals surface area contributed by atoms with Crippen LogP contribution in [0.3, 0.4) is 0 Å². The van der Waals surface area contributed by atoms with Crippen LogP contribution < -0.4 is 5.73 Å². The molecule has 1 amide bonds. The van der Waals surface area contributed by atoms with E-state index in [1.165, 1.54) is 0 Å². The van der Waals surface area contributed by atoms with Gasteiger partial charge < -0.3 is 15.4 Å². The molecule has 106 valence electrons. The topological polar surface area (TPSA) is 73.4 Å². The first-order chi connectivity index (χ1) is 9.04. The van der Waals surface area contributed by atoms with E-state index in [4.69, 9.17) is 10.5 Å². The molecule has 1 aliphatic rings. The summed E-state index contributed by atoms with van der Waals surface area (Å²) in [6.07, 6.45) is 2.11. The van der Waals surface area contributed by atoms with Gasteiger partial charge in [0, 0.05) is 26.7 Å². The highest BCUT2D eigenvalue weighted by molar-refractivity contribution is 5.98. The summed E-state index contributed by atoms with van der Waals surface area (Å²) in [6, 6.07) is 0. The van der Waals surface area contributed by atoms with Gasteiger partial charge in [0.25, 0.3) is 5.91 Å². The van der Waals surface area contributed by atoms with Crippen molar-refractivity contribution >= 4 is 11.6 Å². The summed E-state index contributed by atoms with van der Waals surface area (Å²) in [6.45, 7) is 5.86. The number of hydrogen-bond donors (Lipinski definition) is 1. The van der Waals surface area contributed by atoms with Crippen molar-refractivity contribution in [3.63, 3.8) is 0 Å². The molecule has 1 aliphatic heterocycles. The Morgan fingerprint density at radius 1 is 1.58 bits per heavy atom. The lowest BCUT2D eigenvalue weighted by atomic mass is 10.1. The van der Waals surface area contributed by atoms with Crippen molar-refractivity contribution in [3.8, 4) is 0 Å². The molecule has 19 heavy (non-hydrogen) atoms. The number of nitrogens with zero attached hydrogens (tertiary/aromatic N) is 3. The molecular formula is C13H22N4O2. The van der Waals surface area contributed by atoms with Gasteiger partial charge in [-0.3, -0.25) is 9.48 Å². The van der Waals surface area contributed by atoms with Crippen molar-refractivity contribution in [2.45, 2.75) is 32.8 Å². The van der Waals surface area contributed by atoms with Crippen LogP contribution in [0.15, 0.2) is 0 Å². The third-order valence-electron chi connectivity index (χ3n) is 3.54. The maximum atomic E-state index is 12.5. The molecule has 6 heteroatoms. The first kappa shape index (κ1) is 13.9. The summed E-state index contributed by atoms with van der Waals surface area (Å²) >= 11 is 0. The van der Waals surface area contributed by atoms with Gasteiger partial charge >= 0.3 is 0 Å². The first-order valence-corrected chi connectivity index (χ1v) is 6.74. The lowest BCUT2D eigenvalue weighted by Crippen LogP contribution is -2.44.